The number of thioether (sulfide) groups is 1. The molecule has 5 heteroatoms. The minimum absolute atomic E-state index is 0.380. The van der Waals surface area contributed by atoms with Crippen LogP contribution in [0.1, 0.15) is 12.0 Å². The Kier molecular flexibility index (Phi) is 3.82. The van der Waals surface area contributed by atoms with E-state index in [2.05, 4.69) is 39.4 Å². The number of benzene rings is 1. The highest BCUT2D eigenvalue weighted by atomic mass is 32.2. The standard InChI is InChI=1S/C11H14N4S/c12-10-13-11(15-14-10)16-8-4-7-9-5-2-1-3-6-9/h1-3,5-6H,4,7-8H2,(H3,12,13,14,15). The van der Waals surface area contributed by atoms with E-state index >= 15 is 0 Å². The molecule has 0 aliphatic carbocycles. The smallest absolute Gasteiger partial charge is 0.216 e. The second kappa shape index (κ2) is 5.55. The Morgan fingerprint density at radius 1 is 1.25 bits per heavy atom. The molecule has 84 valence electrons. The number of hydrogen-bond acceptors (Lipinski definition) is 4. The van der Waals surface area contributed by atoms with Crippen LogP contribution in [0.15, 0.2) is 35.5 Å². The molecule has 0 aliphatic rings. The Morgan fingerprint density at radius 3 is 2.75 bits per heavy atom. The van der Waals surface area contributed by atoms with Crippen molar-refractivity contribution in [1.29, 1.82) is 0 Å². The summed E-state index contributed by atoms with van der Waals surface area (Å²) in [5.41, 5.74) is 6.80. The molecule has 0 radical (unpaired) electrons. The van der Waals surface area contributed by atoms with Crippen LogP contribution < -0.4 is 5.73 Å². The van der Waals surface area contributed by atoms with Crippen molar-refractivity contribution in [3.05, 3.63) is 35.9 Å². The van der Waals surface area contributed by atoms with E-state index in [1.807, 2.05) is 6.07 Å². The van der Waals surface area contributed by atoms with E-state index in [4.69, 9.17) is 5.73 Å². The van der Waals surface area contributed by atoms with Crippen molar-refractivity contribution in [3.8, 4) is 0 Å². The average molecular weight is 234 g/mol. The highest BCUT2D eigenvalue weighted by molar-refractivity contribution is 7.99. The number of H-pyrrole nitrogens is 1. The fourth-order valence-electron chi connectivity index (χ4n) is 1.41. The Morgan fingerprint density at radius 2 is 2.06 bits per heavy atom. The largest absolute Gasteiger partial charge is 0.368 e. The monoisotopic (exact) mass is 234 g/mol. The van der Waals surface area contributed by atoms with Gasteiger partial charge in [0.15, 0.2) is 0 Å². The van der Waals surface area contributed by atoms with Crippen molar-refractivity contribution >= 4 is 17.7 Å². The van der Waals surface area contributed by atoms with Gasteiger partial charge in [0.2, 0.25) is 11.1 Å². The molecule has 0 unspecified atom stereocenters. The Labute approximate surface area is 98.7 Å². The summed E-state index contributed by atoms with van der Waals surface area (Å²) in [7, 11) is 0. The molecule has 4 nitrogen and oxygen atoms in total. The lowest BCUT2D eigenvalue weighted by Crippen LogP contribution is -1.88. The molecule has 1 aromatic carbocycles. The number of nitrogens with zero attached hydrogens (tertiary/aromatic N) is 2. The summed E-state index contributed by atoms with van der Waals surface area (Å²) < 4.78 is 0. The van der Waals surface area contributed by atoms with Crippen LogP contribution in [0.3, 0.4) is 0 Å². The maximum absolute atomic E-state index is 5.43. The van der Waals surface area contributed by atoms with Gasteiger partial charge in [-0.15, -0.1) is 5.10 Å². The third-order valence-corrected chi connectivity index (χ3v) is 3.10. The van der Waals surface area contributed by atoms with Gasteiger partial charge in [-0.1, -0.05) is 42.1 Å². The number of nitrogen functional groups attached to an aromatic ring is 1. The van der Waals surface area contributed by atoms with E-state index in [1.165, 1.54) is 5.56 Å². The van der Waals surface area contributed by atoms with Crippen molar-refractivity contribution in [2.24, 2.45) is 0 Å². The lowest BCUT2D eigenvalue weighted by atomic mass is 10.1. The number of hydrogen-bond donors (Lipinski definition) is 2. The number of aromatic nitrogens is 3. The van der Waals surface area contributed by atoms with Gasteiger partial charge < -0.3 is 5.73 Å². The molecule has 0 bridgehead atoms. The van der Waals surface area contributed by atoms with Crippen molar-refractivity contribution in [3.63, 3.8) is 0 Å². The molecule has 1 aromatic heterocycles. The number of aryl methyl sites for hydroxylation is 1. The fraction of sp³-hybridized carbons (Fsp3) is 0.273. The second-order valence-electron chi connectivity index (χ2n) is 3.44. The molecule has 2 rings (SSSR count). The van der Waals surface area contributed by atoms with Gasteiger partial charge in [0.1, 0.15) is 0 Å². The molecule has 0 saturated heterocycles. The first-order chi connectivity index (χ1) is 7.84. The highest BCUT2D eigenvalue weighted by Crippen LogP contribution is 2.15. The molecule has 0 amide bonds. The average Bonchev–Trinajstić information content (AvgIpc) is 2.72. The van der Waals surface area contributed by atoms with E-state index in [0.717, 1.165) is 23.8 Å². The zero-order valence-corrected chi connectivity index (χ0v) is 9.70. The Balaban J connectivity index is 1.69. The Bertz CT molecular complexity index is 427. The number of nitrogens with two attached hydrogens (primary N) is 1. The summed E-state index contributed by atoms with van der Waals surface area (Å²) in [4.78, 5) is 4.03. The molecule has 0 spiro atoms. The van der Waals surface area contributed by atoms with E-state index in [0.29, 0.717) is 5.95 Å². The fourth-order valence-corrected chi connectivity index (χ4v) is 2.15. The van der Waals surface area contributed by atoms with Gasteiger partial charge in [0.25, 0.3) is 0 Å². The molecule has 16 heavy (non-hydrogen) atoms. The SMILES string of the molecule is Nc1nc(SCCCc2ccccc2)n[nH]1. The van der Waals surface area contributed by atoms with E-state index in [1.54, 1.807) is 11.8 Å². The van der Waals surface area contributed by atoms with Crippen LogP contribution in [0.5, 0.6) is 0 Å². The van der Waals surface area contributed by atoms with Crippen molar-refractivity contribution in [2.75, 3.05) is 11.5 Å². The van der Waals surface area contributed by atoms with Crippen LogP contribution in [-0.2, 0) is 6.42 Å². The summed E-state index contributed by atoms with van der Waals surface area (Å²) in [6, 6.07) is 10.5. The van der Waals surface area contributed by atoms with Crippen LogP contribution in [0.4, 0.5) is 5.95 Å². The van der Waals surface area contributed by atoms with E-state index in [-0.39, 0.29) is 0 Å². The Hall–Kier alpha value is -1.49. The summed E-state index contributed by atoms with van der Waals surface area (Å²) in [5, 5.41) is 7.31. The minimum atomic E-state index is 0.380. The first-order valence-corrected chi connectivity index (χ1v) is 6.18. The van der Waals surface area contributed by atoms with Crippen LogP contribution in [0.2, 0.25) is 0 Å². The zero-order valence-electron chi connectivity index (χ0n) is 8.89. The van der Waals surface area contributed by atoms with Gasteiger partial charge in [-0.05, 0) is 18.4 Å². The lowest BCUT2D eigenvalue weighted by molar-refractivity contribution is 0.921. The first kappa shape index (κ1) is 11.0. The van der Waals surface area contributed by atoms with Gasteiger partial charge in [-0.3, -0.25) is 0 Å². The summed E-state index contributed by atoms with van der Waals surface area (Å²) in [6.07, 6.45) is 2.21. The van der Waals surface area contributed by atoms with Gasteiger partial charge in [-0.2, -0.15) is 4.98 Å². The molecule has 0 aliphatic heterocycles. The first-order valence-electron chi connectivity index (χ1n) is 5.19. The predicted molar refractivity (Wildman–Crippen MR) is 66.3 cm³/mol. The van der Waals surface area contributed by atoms with Crippen molar-refractivity contribution < 1.29 is 0 Å². The quantitative estimate of drug-likeness (QED) is 0.614. The summed E-state index contributed by atoms with van der Waals surface area (Å²) in [5.74, 6) is 1.39. The van der Waals surface area contributed by atoms with Gasteiger partial charge >= 0.3 is 0 Å². The predicted octanol–water partition coefficient (Wildman–Crippen LogP) is 2.11. The molecule has 2 aromatic rings. The normalized spacial score (nSPS) is 10.5. The summed E-state index contributed by atoms with van der Waals surface area (Å²) >= 11 is 1.63. The molecule has 1 heterocycles. The maximum atomic E-state index is 5.43. The minimum Gasteiger partial charge on any atom is -0.368 e. The van der Waals surface area contributed by atoms with Crippen molar-refractivity contribution in [1.82, 2.24) is 15.2 Å². The van der Waals surface area contributed by atoms with Crippen LogP contribution in [-0.4, -0.2) is 20.9 Å². The zero-order chi connectivity index (χ0) is 11.2. The number of aromatic amines is 1. The third kappa shape index (κ3) is 3.27. The van der Waals surface area contributed by atoms with Crippen LogP contribution >= 0.6 is 11.8 Å². The number of anilines is 1. The van der Waals surface area contributed by atoms with E-state index in [9.17, 15) is 0 Å². The third-order valence-electron chi connectivity index (χ3n) is 2.17. The number of nitrogens with one attached hydrogen (secondary N) is 1. The van der Waals surface area contributed by atoms with Gasteiger partial charge in [-0.25, -0.2) is 5.10 Å². The van der Waals surface area contributed by atoms with Crippen LogP contribution in [0, 0.1) is 0 Å². The van der Waals surface area contributed by atoms with Crippen molar-refractivity contribution in [2.45, 2.75) is 18.0 Å². The summed E-state index contributed by atoms with van der Waals surface area (Å²) in [6.45, 7) is 0. The maximum Gasteiger partial charge on any atom is 0.216 e. The molecular formula is C11H14N4S. The van der Waals surface area contributed by atoms with Crippen LogP contribution in [0.25, 0.3) is 0 Å². The molecule has 0 fully saturated rings. The topological polar surface area (TPSA) is 67.6 Å². The van der Waals surface area contributed by atoms with E-state index < -0.39 is 0 Å². The molecule has 3 N–H and O–H groups in total. The number of rotatable bonds is 5. The molecule has 0 atom stereocenters. The second-order valence-corrected chi connectivity index (χ2v) is 4.50. The van der Waals surface area contributed by atoms with Gasteiger partial charge in [0.05, 0.1) is 0 Å². The van der Waals surface area contributed by atoms with Gasteiger partial charge in [0, 0.05) is 5.75 Å². The molecule has 0 saturated carbocycles. The lowest BCUT2D eigenvalue weighted by Gasteiger charge is -1.99. The molecular weight excluding hydrogens is 220 g/mol. The highest BCUT2D eigenvalue weighted by Gasteiger charge is 2.00.